The van der Waals surface area contributed by atoms with Crippen molar-refractivity contribution in [3.8, 4) is 0 Å². The van der Waals surface area contributed by atoms with E-state index in [-0.39, 0.29) is 0 Å². The van der Waals surface area contributed by atoms with Gasteiger partial charge in [0, 0.05) is 43.4 Å². The maximum absolute atomic E-state index is 12.4. The van der Waals surface area contributed by atoms with E-state index in [1.165, 1.54) is 0 Å². The molecule has 0 saturated carbocycles. The van der Waals surface area contributed by atoms with Crippen LogP contribution in [0.1, 0.15) is 6.92 Å². The first-order valence-electron chi connectivity index (χ1n) is 7.09. The van der Waals surface area contributed by atoms with Gasteiger partial charge in [0.2, 0.25) is 10.0 Å². The molecule has 5 nitrogen and oxygen atoms in total. The highest BCUT2D eigenvalue weighted by atomic mass is 35.5. The molecule has 2 rings (SSSR count). The van der Waals surface area contributed by atoms with Crippen LogP contribution < -0.4 is 10.2 Å². The first-order chi connectivity index (χ1) is 9.95. The smallest absolute Gasteiger partial charge is 0.218 e. The molecule has 0 aromatic heterocycles. The number of sulfonamides is 1. The van der Waals surface area contributed by atoms with Gasteiger partial charge in [0.1, 0.15) is 0 Å². The lowest BCUT2D eigenvalue weighted by atomic mass is 10.2. The normalized spacial score (nSPS) is 18.7. The molecule has 7 heteroatoms. The molecule has 1 fully saturated rings. The Labute approximate surface area is 131 Å². The van der Waals surface area contributed by atoms with Gasteiger partial charge in [-0.15, -0.1) is 0 Å². The van der Waals surface area contributed by atoms with Crippen molar-refractivity contribution in [2.75, 3.05) is 44.7 Å². The SMILES string of the molecule is CNCC(C)S(=O)(=O)N1CCN(c2ccc(Cl)cc2)CC1. The first-order valence-corrected chi connectivity index (χ1v) is 8.97. The molecule has 1 unspecified atom stereocenters. The van der Waals surface area contributed by atoms with Gasteiger partial charge in [0.15, 0.2) is 0 Å². The Balaban J connectivity index is 1.98. The quantitative estimate of drug-likeness (QED) is 0.886. The zero-order chi connectivity index (χ0) is 15.5. The molecule has 1 atom stereocenters. The minimum atomic E-state index is -3.21. The molecule has 1 aliphatic rings. The standard InChI is InChI=1S/C14H22ClN3O2S/c1-12(11-16-2)21(19,20)18-9-7-17(8-10-18)14-5-3-13(15)4-6-14/h3-6,12,16H,7-11H2,1-2H3. The van der Waals surface area contributed by atoms with Crippen LogP contribution >= 0.6 is 11.6 Å². The number of nitrogens with zero attached hydrogens (tertiary/aromatic N) is 2. The summed E-state index contributed by atoms with van der Waals surface area (Å²) in [6, 6.07) is 7.65. The van der Waals surface area contributed by atoms with E-state index in [9.17, 15) is 8.42 Å². The average molecular weight is 332 g/mol. The summed E-state index contributed by atoms with van der Waals surface area (Å²) in [6.07, 6.45) is 0. The van der Waals surface area contributed by atoms with Crippen molar-refractivity contribution in [3.63, 3.8) is 0 Å². The summed E-state index contributed by atoms with van der Waals surface area (Å²) >= 11 is 5.89. The molecular formula is C14H22ClN3O2S. The minimum absolute atomic E-state index is 0.399. The zero-order valence-electron chi connectivity index (χ0n) is 12.4. The predicted molar refractivity (Wildman–Crippen MR) is 87.5 cm³/mol. The maximum Gasteiger partial charge on any atom is 0.218 e. The first kappa shape index (κ1) is 16.5. The van der Waals surface area contributed by atoms with E-state index < -0.39 is 15.3 Å². The number of rotatable bonds is 5. The van der Waals surface area contributed by atoms with Crippen molar-refractivity contribution < 1.29 is 8.42 Å². The van der Waals surface area contributed by atoms with Crippen LogP contribution in [0, 0.1) is 0 Å². The second-order valence-electron chi connectivity index (χ2n) is 5.28. The highest BCUT2D eigenvalue weighted by Crippen LogP contribution is 2.21. The lowest BCUT2D eigenvalue weighted by molar-refractivity contribution is 0.379. The summed E-state index contributed by atoms with van der Waals surface area (Å²) in [5.41, 5.74) is 1.08. The number of hydrogen-bond donors (Lipinski definition) is 1. The Kier molecular flexibility index (Phi) is 5.48. The van der Waals surface area contributed by atoms with Gasteiger partial charge in [-0.3, -0.25) is 0 Å². The molecule has 0 spiro atoms. The van der Waals surface area contributed by atoms with E-state index in [0.717, 1.165) is 5.69 Å². The van der Waals surface area contributed by atoms with Crippen LogP contribution in [0.2, 0.25) is 5.02 Å². The Bertz CT molecular complexity index is 554. The molecule has 118 valence electrons. The molecule has 1 saturated heterocycles. The van der Waals surface area contributed by atoms with Crippen LogP contribution in [0.25, 0.3) is 0 Å². The number of hydrogen-bond acceptors (Lipinski definition) is 4. The van der Waals surface area contributed by atoms with Crippen LogP contribution in [-0.4, -0.2) is 57.7 Å². The van der Waals surface area contributed by atoms with E-state index in [1.54, 1.807) is 18.3 Å². The number of piperazine rings is 1. The fourth-order valence-corrected chi connectivity index (χ4v) is 4.18. The van der Waals surface area contributed by atoms with Crippen LogP contribution in [0.5, 0.6) is 0 Å². The molecule has 1 heterocycles. The van der Waals surface area contributed by atoms with Crippen LogP contribution in [-0.2, 0) is 10.0 Å². The third-order valence-corrected chi connectivity index (χ3v) is 6.31. The predicted octanol–water partition coefficient (Wildman–Crippen LogP) is 1.40. The lowest BCUT2D eigenvalue weighted by Crippen LogP contribution is -2.51. The molecule has 0 bridgehead atoms. The second-order valence-corrected chi connectivity index (χ2v) is 8.06. The van der Waals surface area contributed by atoms with Gasteiger partial charge in [0.05, 0.1) is 5.25 Å². The second kappa shape index (κ2) is 6.96. The van der Waals surface area contributed by atoms with E-state index in [4.69, 9.17) is 11.6 Å². The molecule has 21 heavy (non-hydrogen) atoms. The summed E-state index contributed by atoms with van der Waals surface area (Å²) in [6.45, 7) is 4.68. The molecule has 0 radical (unpaired) electrons. The van der Waals surface area contributed by atoms with Gasteiger partial charge in [-0.1, -0.05) is 11.6 Å². The number of halogens is 1. The summed E-state index contributed by atoms with van der Waals surface area (Å²) in [5.74, 6) is 0. The van der Waals surface area contributed by atoms with Crippen molar-refractivity contribution in [1.29, 1.82) is 0 Å². The van der Waals surface area contributed by atoms with E-state index in [1.807, 2.05) is 24.3 Å². The van der Waals surface area contributed by atoms with Crippen LogP contribution in [0.3, 0.4) is 0 Å². The van der Waals surface area contributed by atoms with Gasteiger partial charge in [-0.2, -0.15) is 4.31 Å². The van der Waals surface area contributed by atoms with E-state index in [0.29, 0.717) is 37.7 Å². The molecule has 1 aromatic carbocycles. The van der Waals surface area contributed by atoms with Crippen molar-refractivity contribution in [2.24, 2.45) is 0 Å². The monoisotopic (exact) mass is 331 g/mol. The van der Waals surface area contributed by atoms with Gasteiger partial charge < -0.3 is 10.2 Å². The van der Waals surface area contributed by atoms with Gasteiger partial charge >= 0.3 is 0 Å². The third kappa shape index (κ3) is 3.88. The fraction of sp³-hybridized carbons (Fsp3) is 0.571. The summed E-state index contributed by atoms with van der Waals surface area (Å²) in [7, 11) is -1.45. The van der Waals surface area contributed by atoms with Crippen molar-refractivity contribution in [1.82, 2.24) is 9.62 Å². The van der Waals surface area contributed by atoms with Gasteiger partial charge in [-0.05, 0) is 38.2 Å². The Morgan fingerprint density at radius 3 is 2.29 bits per heavy atom. The third-order valence-electron chi connectivity index (χ3n) is 3.79. The highest BCUT2D eigenvalue weighted by Gasteiger charge is 2.31. The summed E-state index contributed by atoms with van der Waals surface area (Å²) < 4.78 is 26.4. The van der Waals surface area contributed by atoms with Crippen LogP contribution in [0.15, 0.2) is 24.3 Å². The van der Waals surface area contributed by atoms with Crippen LogP contribution in [0.4, 0.5) is 5.69 Å². The molecule has 1 aromatic rings. The molecular weight excluding hydrogens is 310 g/mol. The molecule has 0 aliphatic carbocycles. The zero-order valence-corrected chi connectivity index (χ0v) is 14.0. The van der Waals surface area contributed by atoms with Crippen molar-refractivity contribution >= 4 is 27.3 Å². The van der Waals surface area contributed by atoms with Crippen molar-refractivity contribution in [2.45, 2.75) is 12.2 Å². The van der Waals surface area contributed by atoms with Gasteiger partial charge in [0.25, 0.3) is 0 Å². The molecule has 1 aliphatic heterocycles. The average Bonchev–Trinajstić information content (AvgIpc) is 2.48. The fourth-order valence-electron chi connectivity index (χ4n) is 2.50. The number of nitrogens with one attached hydrogen (secondary N) is 1. The van der Waals surface area contributed by atoms with Crippen molar-refractivity contribution in [3.05, 3.63) is 29.3 Å². The van der Waals surface area contributed by atoms with E-state index in [2.05, 4.69) is 10.2 Å². The Morgan fingerprint density at radius 1 is 1.19 bits per heavy atom. The summed E-state index contributed by atoms with van der Waals surface area (Å²) in [4.78, 5) is 2.19. The molecule has 0 amide bonds. The lowest BCUT2D eigenvalue weighted by Gasteiger charge is -2.36. The Hall–Kier alpha value is -0.820. The number of benzene rings is 1. The topological polar surface area (TPSA) is 52.7 Å². The highest BCUT2D eigenvalue weighted by molar-refractivity contribution is 7.89. The largest absolute Gasteiger partial charge is 0.369 e. The minimum Gasteiger partial charge on any atom is -0.369 e. The van der Waals surface area contributed by atoms with Gasteiger partial charge in [-0.25, -0.2) is 8.42 Å². The molecule has 1 N–H and O–H groups in total. The number of anilines is 1. The van der Waals surface area contributed by atoms with E-state index >= 15 is 0 Å². The maximum atomic E-state index is 12.4. The Morgan fingerprint density at radius 2 is 1.76 bits per heavy atom. The summed E-state index contributed by atoms with van der Waals surface area (Å²) in [5, 5.41) is 3.23.